The van der Waals surface area contributed by atoms with Crippen molar-refractivity contribution in [2.75, 3.05) is 13.6 Å². The van der Waals surface area contributed by atoms with E-state index >= 15 is 0 Å². The van der Waals surface area contributed by atoms with Gasteiger partial charge in [-0.1, -0.05) is 0 Å². The van der Waals surface area contributed by atoms with Crippen LogP contribution in [0.2, 0.25) is 0 Å². The Morgan fingerprint density at radius 3 is 2.87 bits per heavy atom. The van der Waals surface area contributed by atoms with E-state index in [-0.39, 0.29) is 5.78 Å². The van der Waals surface area contributed by atoms with E-state index in [9.17, 15) is 4.79 Å². The molecule has 0 N–H and O–H groups in total. The monoisotopic (exact) mass is 289 g/mol. The predicted molar refractivity (Wildman–Crippen MR) is 68.3 cm³/mol. The molecular formula is C11H16BrNOS. The van der Waals surface area contributed by atoms with Crippen molar-refractivity contribution in [1.29, 1.82) is 0 Å². The Bertz CT molecular complexity index is 324. The molecule has 0 aromatic carbocycles. The van der Waals surface area contributed by atoms with Gasteiger partial charge in [0, 0.05) is 27.7 Å². The normalized spacial score (nSPS) is 10.9. The van der Waals surface area contributed by atoms with Gasteiger partial charge in [-0.05, 0) is 48.9 Å². The highest BCUT2D eigenvalue weighted by molar-refractivity contribution is 9.10. The summed E-state index contributed by atoms with van der Waals surface area (Å²) in [6, 6.07) is 2.14. The lowest BCUT2D eigenvalue weighted by Gasteiger charge is -2.14. The summed E-state index contributed by atoms with van der Waals surface area (Å²) in [5.41, 5.74) is 0. The van der Waals surface area contributed by atoms with Crippen molar-refractivity contribution in [2.24, 2.45) is 0 Å². The average molecular weight is 290 g/mol. The van der Waals surface area contributed by atoms with Crippen LogP contribution in [-0.4, -0.2) is 24.3 Å². The third-order valence-electron chi connectivity index (χ3n) is 2.12. The second kappa shape index (κ2) is 6.40. The van der Waals surface area contributed by atoms with Crippen LogP contribution in [0.5, 0.6) is 0 Å². The number of rotatable bonds is 6. The minimum atomic E-state index is 0.280. The summed E-state index contributed by atoms with van der Waals surface area (Å²) in [5.74, 6) is 0.280. The van der Waals surface area contributed by atoms with Gasteiger partial charge in [0.1, 0.15) is 5.78 Å². The molecule has 0 aliphatic rings. The van der Waals surface area contributed by atoms with Gasteiger partial charge in [-0.2, -0.15) is 0 Å². The minimum absolute atomic E-state index is 0.280. The Balaban J connectivity index is 2.24. The second-order valence-electron chi connectivity index (χ2n) is 3.77. The molecule has 1 aromatic heterocycles. The molecule has 0 aliphatic carbocycles. The first-order valence-electron chi connectivity index (χ1n) is 4.99. The van der Waals surface area contributed by atoms with Crippen LogP contribution >= 0.6 is 27.3 Å². The Hall–Kier alpha value is -0.190. The fraction of sp³-hybridized carbons (Fsp3) is 0.545. The number of carbonyl (C=O) groups excluding carboxylic acids is 1. The maximum absolute atomic E-state index is 10.8. The van der Waals surface area contributed by atoms with E-state index in [4.69, 9.17) is 0 Å². The van der Waals surface area contributed by atoms with Crippen LogP contribution < -0.4 is 0 Å². The maximum atomic E-state index is 10.8. The van der Waals surface area contributed by atoms with Crippen LogP contribution in [0.1, 0.15) is 24.6 Å². The first-order valence-corrected chi connectivity index (χ1v) is 6.66. The van der Waals surface area contributed by atoms with Crippen molar-refractivity contribution in [3.05, 3.63) is 20.8 Å². The summed E-state index contributed by atoms with van der Waals surface area (Å²) in [7, 11) is 2.09. The first kappa shape index (κ1) is 12.9. The average Bonchev–Trinajstić information content (AvgIpc) is 2.50. The predicted octanol–water partition coefficient (Wildman–Crippen LogP) is 3.31. The number of hydrogen-bond donors (Lipinski definition) is 0. The maximum Gasteiger partial charge on any atom is 0.129 e. The SMILES string of the molecule is CC(=O)CCCN(C)Cc1cc(Br)cs1. The van der Waals surface area contributed by atoms with Crippen molar-refractivity contribution in [3.63, 3.8) is 0 Å². The largest absolute Gasteiger partial charge is 0.301 e. The Morgan fingerprint density at radius 2 is 2.33 bits per heavy atom. The summed E-state index contributed by atoms with van der Waals surface area (Å²) < 4.78 is 1.15. The zero-order chi connectivity index (χ0) is 11.3. The first-order chi connectivity index (χ1) is 7.08. The van der Waals surface area contributed by atoms with E-state index in [2.05, 4.69) is 39.3 Å². The molecule has 0 fully saturated rings. The van der Waals surface area contributed by atoms with E-state index in [1.807, 2.05) is 0 Å². The zero-order valence-electron chi connectivity index (χ0n) is 9.12. The highest BCUT2D eigenvalue weighted by atomic mass is 79.9. The van der Waals surface area contributed by atoms with Gasteiger partial charge in [0.15, 0.2) is 0 Å². The third kappa shape index (κ3) is 5.44. The molecule has 0 radical (unpaired) electrons. The number of ketones is 1. The molecule has 0 unspecified atom stereocenters. The standard InChI is InChI=1S/C11H16BrNOS/c1-9(14)4-3-5-13(2)7-11-6-10(12)8-15-11/h6,8H,3-5,7H2,1-2H3. The van der Waals surface area contributed by atoms with Crippen molar-refractivity contribution < 1.29 is 4.79 Å². The highest BCUT2D eigenvalue weighted by Crippen LogP contribution is 2.20. The Morgan fingerprint density at radius 1 is 1.60 bits per heavy atom. The molecule has 0 amide bonds. The van der Waals surface area contributed by atoms with Gasteiger partial charge < -0.3 is 9.69 Å². The molecule has 1 aromatic rings. The molecule has 15 heavy (non-hydrogen) atoms. The quantitative estimate of drug-likeness (QED) is 0.801. The summed E-state index contributed by atoms with van der Waals surface area (Å²) in [4.78, 5) is 14.4. The third-order valence-corrected chi connectivity index (χ3v) is 3.80. The lowest BCUT2D eigenvalue weighted by molar-refractivity contribution is -0.117. The molecule has 0 bridgehead atoms. The van der Waals surface area contributed by atoms with Crippen molar-refractivity contribution >= 4 is 33.0 Å². The molecule has 2 nitrogen and oxygen atoms in total. The van der Waals surface area contributed by atoms with Crippen LogP contribution in [-0.2, 0) is 11.3 Å². The molecule has 1 rings (SSSR count). The van der Waals surface area contributed by atoms with Gasteiger partial charge in [0.2, 0.25) is 0 Å². The molecule has 84 valence electrons. The number of carbonyl (C=O) groups is 1. The van der Waals surface area contributed by atoms with Crippen molar-refractivity contribution in [3.8, 4) is 0 Å². The molecule has 0 atom stereocenters. The summed E-state index contributed by atoms with van der Waals surface area (Å²) in [6.45, 7) is 3.60. The topological polar surface area (TPSA) is 20.3 Å². The van der Waals surface area contributed by atoms with Crippen LogP contribution in [0.15, 0.2) is 15.9 Å². The van der Waals surface area contributed by atoms with Gasteiger partial charge in [0.05, 0.1) is 0 Å². The molecule has 0 aliphatic heterocycles. The van der Waals surface area contributed by atoms with Gasteiger partial charge in [-0.15, -0.1) is 11.3 Å². The number of nitrogens with zero attached hydrogens (tertiary/aromatic N) is 1. The van der Waals surface area contributed by atoms with Gasteiger partial charge in [-0.25, -0.2) is 0 Å². The highest BCUT2D eigenvalue weighted by Gasteiger charge is 2.03. The van der Waals surface area contributed by atoms with Gasteiger partial charge >= 0.3 is 0 Å². The van der Waals surface area contributed by atoms with Crippen molar-refractivity contribution in [1.82, 2.24) is 4.90 Å². The minimum Gasteiger partial charge on any atom is -0.301 e. The fourth-order valence-electron chi connectivity index (χ4n) is 1.38. The fourth-order valence-corrected chi connectivity index (χ4v) is 2.91. The van der Waals surface area contributed by atoms with E-state index < -0.39 is 0 Å². The van der Waals surface area contributed by atoms with E-state index in [0.29, 0.717) is 6.42 Å². The van der Waals surface area contributed by atoms with Crippen LogP contribution in [0, 0.1) is 0 Å². The number of thiophene rings is 1. The molecule has 4 heteroatoms. The summed E-state index contributed by atoms with van der Waals surface area (Å²) >= 11 is 5.20. The molecule has 0 spiro atoms. The van der Waals surface area contributed by atoms with Gasteiger partial charge in [0.25, 0.3) is 0 Å². The number of Topliss-reactive ketones (excluding diaryl/α,β-unsaturated/α-hetero) is 1. The van der Waals surface area contributed by atoms with E-state index in [1.165, 1.54) is 4.88 Å². The van der Waals surface area contributed by atoms with Gasteiger partial charge in [-0.3, -0.25) is 0 Å². The zero-order valence-corrected chi connectivity index (χ0v) is 11.5. The Kier molecular flexibility index (Phi) is 5.50. The molecule has 1 heterocycles. The molecule has 0 saturated heterocycles. The van der Waals surface area contributed by atoms with E-state index in [0.717, 1.165) is 24.0 Å². The molecular weight excluding hydrogens is 274 g/mol. The Labute approximate surface area is 103 Å². The smallest absolute Gasteiger partial charge is 0.129 e. The summed E-state index contributed by atoms with van der Waals surface area (Å²) in [5, 5.41) is 2.10. The number of halogens is 1. The van der Waals surface area contributed by atoms with Crippen LogP contribution in [0.3, 0.4) is 0 Å². The van der Waals surface area contributed by atoms with E-state index in [1.54, 1.807) is 18.3 Å². The molecule has 0 saturated carbocycles. The second-order valence-corrected chi connectivity index (χ2v) is 5.69. The van der Waals surface area contributed by atoms with Crippen LogP contribution in [0.4, 0.5) is 0 Å². The van der Waals surface area contributed by atoms with Crippen LogP contribution in [0.25, 0.3) is 0 Å². The summed E-state index contributed by atoms with van der Waals surface area (Å²) in [6.07, 6.45) is 1.65. The lowest BCUT2D eigenvalue weighted by atomic mass is 10.2. The lowest BCUT2D eigenvalue weighted by Crippen LogP contribution is -2.18. The van der Waals surface area contributed by atoms with Crippen molar-refractivity contribution in [2.45, 2.75) is 26.3 Å². The number of hydrogen-bond acceptors (Lipinski definition) is 3.